The summed E-state index contributed by atoms with van der Waals surface area (Å²) in [6.45, 7) is 0. The van der Waals surface area contributed by atoms with Crippen LogP contribution in [0, 0.1) is 0 Å². The Morgan fingerprint density at radius 2 is 1.54 bits per heavy atom. The van der Waals surface area contributed by atoms with Crippen LogP contribution in [0.3, 0.4) is 0 Å². The second kappa shape index (κ2) is 5.90. The zero-order valence-electron chi connectivity index (χ0n) is 12.6. The topological polar surface area (TPSA) is 73.9 Å². The van der Waals surface area contributed by atoms with E-state index in [1.165, 1.54) is 0 Å². The third-order valence-electron chi connectivity index (χ3n) is 3.49. The monoisotopic (exact) mass is 338 g/mol. The van der Waals surface area contributed by atoms with Gasteiger partial charge in [-0.1, -0.05) is 35.9 Å². The van der Waals surface area contributed by atoms with Crippen molar-refractivity contribution in [1.82, 2.24) is 20.2 Å². The van der Waals surface area contributed by atoms with E-state index in [0.717, 1.165) is 0 Å². The fourth-order valence-corrected chi connectivity index (χ4v) is 2.58. The van der Waals surface area contributed by atoms with E-state index in [0.29, 0.717) is 33.9 Å². The van der Waals surface area contributed by atoms with E-state index in [1.54, 1.807) is 7.11 Å². The molecule has 6 nitrogen and oxygen atoms in total. The van der Waals surface area contributed by atoms with Crippen LogP contribution < -0.4 is 4.74 Å². The van der Waals surface area contributed by atoms with Crippen molar-refractivity contribution in [3.8, 4) is 28.8 Å². The molecule has 0 saturated carbocycles. The summed E-state index contributed by atoms with van der Waals surface area (Å²) in [5.74, 6) is 1.18. The van der Waals surface area contributed by atoms with Crippen LogP contribution in [0.25, 0.3) is 34.1 Å². The second-order valence-electron chi connectivity index (χ2n) is 4.96. The summed E-state index contributed by atoms with van der Waals surface area (Å²) in [6.07, 6.45) is 0. The molecule has 0 unspecified atom stereocenters. The zero-order chi connectivity index (χ0) is 16.5. The number of hydrogen-bond acceptors (Lipinski definition) is 6. The average molecular weight is 339 g/mol. The van der Waals surface area contributed by atoms with Crippen LogP contribution in [0.4, 0.5) is 0 Å². The Labute approximate surface area is 142 Å². The first-order chi connectivity index (χ1) is 11.8. The number of fused-ring (bicyclic) bond motifs is 1. The lowest BCUT2D eigenvalue weighted by Gasteiger charge is -2.03. The van der Waals surface area contributed by atoms with Gasteiger partial charge in [0.2, 0.25) is 0 Å². The molecule has 4 aromatic rings. The minimum atomic E-state index is 0.208. The van der Waals surface area contributed by atoms with Crippen molar-refractivity contribution < 1.29 is 9.15 Å². The lowest BCUT2D eigenvalue weighted by molar-refractivity contribution is 0.414. The first-order valence-electron chi connectivity index (χ1n) is 7.16. The van der Waals surface area contributed by atoms with Gasteiger partial charge in [0.25, 0.3) is 11.8 Å². The zero-order valence-corrected chi connectivity index (χ0v) is 13.4. The van der Waals surface area contributed by atoms with Gasteiger partial charge in [0.15, 0.2) is 10.8 Å². The number of para-hydroxylation sites is 3. The molecule has 118 valence electrons. The van der Waals surface area contributed by atoms with E-state index < -0.39 is 0 Å². The van der Waals surface area contributed by atoms with Crippen LogP contribution in [0.15, 0.2) is 52.9 Å². The SMILES string of the molecule is COc1ccccc1-c1nnc(-c2nc3ccccc3nc2Cl)o1. The minimum absolute atomic E-state index is 0.208. The molecular weight excluding hydrogens is 328 g/mol. The number of halogens is 1. The molecule has 0 N–H and O–H groups in total. The van der Waals surface area contributed by atoms with Gasteiger partial charge in [-0.2, -0.15) is 0 Å². The highest BCUT2D eigenvalue weighted by molar-refractivity contribution is 6.32. The van der Waals surface area contributed by atoms with Crippen molar-refractivity contribution in [2.75, 3.05) is 7.11 Å². The van der Waals surface area contributed by atoms with Gasteiger partial charge in [-0.05, 0) is 24.3 Å². The summed E-state index contributed by atoms with van der Waals surface area (Å²) in [7, 11) is 1.59. The van der Waals surface area contributed by atoms with Crippen molar-refractivity contribution in [3.05, 3.63) is 53.7 Å². The molecule has 2 aromatic carbocycles. The smallest absolute Gasteiger partial charge is 0.269 e. The summed E-state index contributed by atoms with van der Waals surface area (Å²) in [6, 6.07) is 14.8. The quantitative estimate of drug-likeness (QED) is 0.562. The highest BCUT2D eigenvalue weighted by Gasteiger charge is 2.18. The van der Waals surface area contributed by atoms with E-state index >= 15 is 0 Å². The fraction of sp³-hybridized carbons (Fsp3) is 0.0588. The number of ether oxygens (including phenoxy) is 1. The van der Waals surface area contributed by atoms with Crippen LogP contribution in [-0.4, -0.2) is 27.3 Å². The Kier molecular flexibility index (Phi) is 3.59. The van der Waals surface area contributed by atoms with Crippen molar-refractivity contribution >= 4 is 22.6 Å². The summed E-state index contributed by atoms with van der Waals surface area (Å²) < 4.78 is 11.1. The molecule has 2 heterocycles. The van der Waals surface area contributed by atoms with Gasteiger partial charge >= 0.3 is 0 Å². The first-order valence-corrected chi connectivity index (χ1v) is 7.53. The standard InChI is InChI=1S/C17H11ClN4O2/c1-23-13-9-5-2-6-10(13)16-21-22-17(24-16)14-15(18)20-12-8-4-3-7-11(12)19-14/h2-9H,1H3. The van der Waals surface area contributed by atoms with Gasteiger partial charge in [-0.25, -0.2) is 9.97 Å². The summed E-state index contributed by atoms with van der Waals surface area (Å²) in [5, 5.41) is 8.33. The number of nitrogens with zero attached hydrogens (tertiary/aromatic N) is 4. The van der Waals surface area contributed by atoms with E-state index in [-0.39, 0.29) is 11.0 Å². The molecule has 0 saturated heterocycles. The Hall–Kier alpha value is -2.99. The molecule has 2 aromatic heterocycles. The van der Waals surface area contributed by atoms with Crippen molar-refractivity contribution in [3.63, 3.8) is 0 Å². The third-order valence-corrected chi connectivity index (χ3v) is 3.76. The minimum Gasteiger partial charge on any atom is -0.496 e. The molecule has 0 aliphatic heterocycles. The molecule has 7 heteroatoms. The van der Waals surface area contributed by atoms with E-state index in [9.17, 15) is 0 Å². The molecule has 0 amide bonds. The molecule has 0 radical (unpaired) electrons. The summed E-state index contributed by atoms with van der Waals surface area (Å²) in [4.78, 5) is 8.79. The molecule has 0 fully saturated rings. The Bertz CT molecular complexity index is 1030. The lowest BCUT2D eigenvalue weighted by Crippen LogP contribution is -1.91. The maximum absolute atomic E-state index is 6.23. The molecule has 0 aliphatic carbocycles. The van der Waals surface area contributed by atoms with Gasteiger partial charge in [0.05, 0.1) is 23.7 Å². The second-order valence-corrected chi connectivity index (χ2v) is 5.32. The highest BCUT2D eigenvalue weighted by Crippen LogP contribution is 2.32. The van der Waals surface area contributed by atoms with E-state index in [1.807, 2.05) is 48.5 Å². The number of aromatic nitrogens is 4. The van der Waals surface area contributed by atoms with Gasteiger partial charge in [-0.15, -0.1) is 10.2 Å². The van der Waals surface area contributed by atoms with Gasteiger partial charge in [0, 0.05) is 0 Å². The van der Waals surface area contributed by atoms with Crippen molar-refractivity contribution in [2.24, 2.45) is 0 Å². The largest absolute Gasteiger partial charge is 0.496 e. The number of benzene rings is 2. The van der Waals surface area contributed by atoms with E-state index in [2.05, 4.69) is 20.2 Å². The molecular formula is C17H11ClN4O2. The lowest BCUT2D eigenvalue weighted by atomic mass is 10.2. The number of hydrogen-bond donors (Lipinski definition) is 0. The Morgan fingerprint density at radius 3 is 2.33 bits per heavy atom. The van der Waals surface area contributed by atoms with Gasteiger partial charge in [-0.3, -0.25) is 0 Å². The van der Waals surface area contributed by atoms with Crippen molar-refractivity contribution in [2.45, 2.75) is 0 Å². The summed E-state index contributed by atoms with van der Waals surface area (Å²) in [5.41, 5.74) is 2.46. The van der Waals surface area contributed by atoms with E-state index in [4.69, 9.17) is 20.8 Å². The Balaban J connectivity index is 1.82. The molecule has 0 atom stereocenters. The van der Waals surface area contributed by atoms with Crippen LogP contribution in [0.5, 0.6) is 5.75 Å². The molecule has 0 bridgehead atoms. The third kappa shape index (κ3) is 2.47. The Morgan fingerprint density at radius 1 is 0.875 bits per heavy atom. The van der Waals surface area contributed by atoms with Gasteiger partial charge in [0.1, 0.15) is 5.75 Å². The molecule has 0 aliphatic rings. The predicted molar refractivity (Wildman–Crippen MR) is 89.8 cm³/mol. The van der Waals surface area contributed by atoms with Gasteiger partial charge < -0.3 is 9.15 Å². The fourth-order valence-electron chi connectivity index (χ4n) is 2.36. The number of rotatable bonds is 3. The first kappa shape index (κ1) is 14.6. The highest BCUT2D eigenvalue weighted by atomic mass is 35.5. The van der Waals surface area contributed by atoms with Crippen LogP contribution in [0.1, 0.15) is 0 Å². The number of methoxy groups -OCH3 is 1. The molecule has 0 spiro atoms. The summed E-state index contributed by atoms with van der Waals surface area (Å²) >= 11 is 6.23. The van der Waals surface area contributed by atoms with Crippen molar-refractivity contribution in [1.29, 1.82) is 0 Å². The van der Waals surface area contributed by atoms with Crippen LogP contribution >= 0.6 is 11.6 Å². The van der Waals surface area contributed by atoms with Crippen LogP contribution in [0.2, 0.25) is 5.15 Å². The molecule has 24 heavy (non-hydrogen) atoms. The normalized spacial score (nSPS) is 10.9. The maximum atomic E-state index is 6.23. The van der Waals surface area contributed by atoms with Crippen LogP contribution in [-0.2, 0) is 0 Å². The molecule has 4 rings (SSSR count). The predicted octanol–water partition coefficient (Wildman–Crippen LogP) is 4.01. The average Bonchev–Trinajstić information content (AvgIpc) is 3.10. The maximum Gasteiger partial charge on any atom is 0.269 e.